The van der Waals surface area contributed by atoms with Gasteiger partial charge in [0.2, 0.25) is 5.91 Å². The van der Waals surface area contributed by atoms with E-state index in [9.17, 15) is 4.79 Å². The molecule has 5 nitrogen and oxygen atoms in total. The second kappa shape index (κ2) is 3.41. The molecule has 12 heavy (non-hydrogen) atoms. The van der Waals surface area contributed by atoms with Crippen LogP contribution in [-0.2, 0) is 0 Å². The number of carbonyl (C=O) groups excluding carboxylic acids is 1. The second-order valence-electron chi connectivity index (χ2n) is 2.04. The van der Waals surface area contributed by atoms with Crippen LogP contribution in [0.2, 0.25) is 0 Å². The van der Waals surface area contributed by atoms with Crippen molar-refractivity contribution in [1.29, 1.82) is 0 Å². The van der Waals surface area contributed by atoms with Crippen molar-refractivity contribution in [3.05, 3.63) is 40.3 Å². The average molecular weight is 163 g/mol. The Hall–Kier alpha value is -2.00. The highest BCUT2D eigenvalue weighted by molar-refractivity contribution is 5.94. The van der Waals surface area contributed by atoms with Crippen molar-refractivity contribution in [1.82, 2.24) is 0 Å². The molecule has 0 unspecified atom stereocenters. The first-order valence-electron chi connectivity index (χ1n) is 3.12. The second-order valence-corrected chi connectivity index (χ2v) is 2.04. The highest BCUT2D eigenvalue weighted by atomic mass is 16.3. The van der Waals surface area contributed by atoms with Crippen molar-refractivity contribution >= 4 is 5.91 Å². The Morgan fingerprint density at radius 2 is 2.00 bits per heavy atom. The van der Waals surface area contributed by atoms with Gasteiger partial charge in [0.25, 0.3) is 0 Å². The normalized spacial score (nSPS) is 8.67. The molecule has 0 aliphatic rings. The number of benzene rings is 1. The number of phenolic OH excluding ortho intramolecular Hbond substituents is 1. The Bertz CT molecular complexity index is 338. The zero-order valence-electron chi connectivity index (χ0n) is 6.01. The molecule has 1 aromatic rings. The van der Waals surface area contributed by atoms with Crippen LogP contribution in [-0.4, -0.2) is 11.0 Å². The zero-order chi connectivity index (χ0) is 8.97. The molecule has 0 radical (unpaired) electrons. The Balaban J connectivity index is 2.97. The number of amides is 1. The standard InChI is InChI=1S/C7H5N3O2/c8-10-9-7(12)5-1-3-6(11)4-2-5/h1-4,11H. The topological polar surface area (TPSA) is 86.1 Å². The van der Waals surface area contributed by atoms with E-state index in [4.69, 9.17) is 10.6 Å². The van der Waals surface area contributed by atoms with Crippen LogP contribution >= 0.6 is 0 Å². The number of hydrogen-bond donors (Lipinski definition) is 1. The van der Waals surface area contributed by atoms with E-state index in [-0.39, 0.29) is 11.3 Å². The summed E-state index contributed by atoms with van der Waals surface area (Å²) < 4.78 is 0. The van der Waals surface area contributed by atoms with Gasteiger partial charge in [-0.25, -0.2) is 0 Å². The molecule has 1 rings (SSSR count). The Kier molecular flexibility index (Phi) is 2.30. The minimum Gasteiger partial charge on any atom is -0.508 e. The van der Waals surface area contributed by atoms with Crippen molar-refractivity contribution in [2.24, 2.45) is 5.11 Å². The molecule has 0 bridgehead atoms. The van der Waals surface area contributed by atoms with Crippen molar-refractivity contribution < 1.29 is 9.90 Å². The summed E-state index contributed by atoms with van der Waals surface area (Å²) in [6, 6.07) is 5.46. The number of azide groups is 1. The lowest BCUT2D eigenvalue weighted by molar-refractivity contribution is 0.100. The molecular formula is C7H5N3O2. The summed E-state index contributed by atoms with van der Waals surface area (Å²) in [5.74, 6) is -0.593. The molecule has 1 N–H and O–H groups in total. The highest BCUT2D eigenvalue weighted by Crippen LogP contribution is 2.10. The van der Waals surface area contributed by atoms with Crippen LogP contribution in [0.25, 0.3) is 10.4 Å². The molecule has 1 aromatic carbocycles. The molecular weight excluding hydrogens is 158 g/mol. The molecule has 0 saturated carbocycles. The van der Waals surface area contributed by atoms with E-state index >= 15 is 0 Å². The number of aromatic hydroxyl groups is 1. The molecule has 0 atom stereocenters. The molecule has 0 fully saturated rings. The maximum atomic E-state index is 10.9. The van der Waals surface area contributed by atoms with Crippen LogP contribution in [0.3, 0.4) is 0 Å². The Morgan fingerprint density at radius 1 is 1.42 bits per heavy atom. The largest absolute Gasteiger partial charge is 0.508 e. The van der Waals surface area contributed by atoms with Crippen LogP contribution in [0, 0.1) is 0 Å². The highest BCUT2D eigenvalue weighted by Gasteiger charge is 2.00. The first-order chi connectivity index (χ1) is 5.74. The minimum absolute atomic E-state index is 0.0625. The first-order valence-corrected chi connectivity index (χ1v) is 3.12. The van der Waals surface area contributed by atoms with Gasteiger partial charge in [0.15, 0.2) is 0 Å². The van der Waals surface area contributed by atoms with E-state index in [1.54, 1.807) is 0 Å². The minimum atomic E-state index is -0.655. The van der Waals surface area contributed by atoms with Gasteiger partial charge in [-0.1, -0.05) is 0 Å². The van der Waals surface area contributed by atoms with E-state index < -0.39 is 5.91 Å². The summed E-state index contributed by atoms with van der Waals surface area (Å²) in [5, 5.41) is 11.7. The number of hydrogen-bond acceptors (Lipinski definition) is 2. The van der Waals surface area contributed by atoms with E-state index in [1.807, 2.05) is 0 Å². The lowest BCUT2D eigenvalue weighted by atomic mass is 10.2. The van der Waals surface area contributed by atoms with Gasteiger partial charge in [-0.15, -0.1) is 0 Å². The fraction of sp³-hybridized carbons (Fsp3) is 0. The first kappa shape index (κ1) is 8.10. The van der Waals surface area contributed by atoms with Crippen LogP contribution < -0.4 is 0 Å². The monoisotopic (exact) mass is 163 g/mol. The molecule has 5 heteroatoms. The summed E-state index contributed by atoms with van der Waals surface area (Å²) in [6.45, 7) is 0. The SMILES string of the molecule is [N-]=[N+]=NC(=O)c1ccc(O)cc1. The van der Waals surface area contributed by atoms with Crippen LogP contribution in [0.15, 0.2) is 29.4 Å². The summed E-state index contributed by atoms with van der Waals surface area (Å²) in [5.41, 5.74) is 8.20. The quantitative estimate of drug-likeness (QED) is 0.389. The van der Waals surface area contributed by atoms with Crippen molar-refractivity contribution in [2.45, 2.75) is 0 Å². The number of rotatable bonds is 1. The number of phenols is 1. The lowest BCUT2D eigenvalue weighted by Crippen LogP contribution is -1.91. The van der Waals surface area contributed by atoms with Crippen molar-refractivity contribution in [2.75, 3.05) is 0 Å². The molecule has 0 saturated heterocycles. The van der Waals surface area contributed by atoms with Gasteiger partial charge in [0, 0.05) is 10.5 Å². The van der Waals surface area contributed by atoms with Crippen molar-refractivity contribution in [3.8, 4) is 5.75 Å². The molecule has 60 valence electrons. The maximum absolute atomic E-state index is 10.9. The van der Waals surface area contributed by atoms with Crippen LogP contribution in [0.1, 0.15) is 10.4 Å². The summed E-state index contributed by atoms with van der Waals surface area (Å²) in [4.78, 5) is 13.2. The summed E-state index contributed by atoms with van der Waals surface area (Å²) in [6.07, 6.45) is 0. The fourth-order valence-corrected chi connectivity index (χ4v) is 0.702. The lowest BCUT2D eigenvalue weighted by Gasteiger charge is -1.93. The summed E-state index contributed by atoms with van der Waals surface area (Å²) >= 11 is 0. The van der Waals surface area contributed by atoms with Gasteiger partial charge in [0.1, 0.15) is 5.75 Å². The van der Waals surface area contributed by atoms with E-state index in [2.05, 4.69) is 10.0 Å². The third-order valence-electron chi connectivity index (χ3n) is 1.25. The van der Waals surface area contributed by atoms with Gasteiger partial charge in [-0.3, -0.25) is 4.79 Å². The van der Waals surface area contributed by atoms with Gasteiger partial charge in [-0.05, 0) is 34.9 Å². The smallest absolute Gasteiger partial charge is 0.249 e. The Labute approximate surface area is 67.9 Å². The van der Waals surface area contributed by atoms with E-state index in [0.29, 0.717) is 0 Å². The van der Waals surface area contributed by atoms with Crippen LogP contribution in [0.5, 0.6) is 5.75 Å². The third kappa shape index (κ3) is 1.74. The van der Waals surface area contributed by atoms with Gasteiger partial charge in [0.05, 0.1) is 0 Å². The molecule has 0 heterocycles. The summed E-state index contributed by atoms with van der Waals surface area (Å²) in [7, 11) is 0. The molecule has 1 amide bonds. The molecule has 0 aliphatic carbocycles. The van der Waals surface area contributed by atoms with Gasteiger partial charge in [-0.2, -0.15) is 0 Å². The van der Waals surface area contributed by atoms with E-state index in [0.717, 1.165) is 0 Å². The zero-order valence-corrected chi connectivity index (χ0v) is 6.01. The fourth-order valence-electron chi connectivity index (χ4n) is 0.702. The van der Waals surface area contributed by atoms with Gasteiger partial charge >= 0.3 is 0 Å². The molecule has 0 spiro atoms. The predicted molar refractivity (Wildman–Crippen MR) is 41.6 cm³/mol. The third-order valence-corrected chi connectivity index (χ3v) is 1.25. The van der Waals surface area contributed by atoms with E-state index in [1.165, 1.54) is 24.3 Å². The average Bonchev–Trinajstić information content (AvgIpc) is 2.06. The Morgan fingerprint density at radius 3 is 2.50 bits per heavy atom. The predicted octanol–water partition coefficient (Wildman–Crippen LogP) is 1.84. The molecule has 0 aromatic heterocycles. The van der Waals surface area contributed by atoms with Crippen LogP contribution in [0.4, 0.5) is 0 Å². The number of carbonyl (C=O) groups is 1. The van der Waals surface area contributed by atoms with Gasteiger partial charge < -0.3 is 5.11 Å². The van der Waals surface area contributed by atoms with Crippen molar-refractivity contribution in [3.63, 3.8) is 0 Å². The number of nitrogens with zero attached hydrogens (tertiary/aromatic N) is 3. The molecule has 0 aliphatic heterocycles. The maximum Gasteiger partial charge on any atom is 0.249 e.